The number of rotatable bonds is 12. The van der Waals surface area contributed by atoms with Crippen LogP contribution in [0.3, 0.4) is 0 Å². The average Bonchev–Trinajstić information content (AvgIpc) is 2.50. The molecule has 0 amide bonds. The van der Waals surface area contributed by atoms with Crippen LogP contribution in [0.4, 0.5) is 0 Å². The van der Waals surface area contributed by atoms with Crippen molar-refractivity contribution in [3.8, 4) is 0 Å². The van der Waals surface area contributed by atoms with Gasteiger partial charge in [-0.05, 0) is 19.4 Å². The molecule has 0 saturated heterocycles. The largest absolute Gasteiger partial charge is 0.500 e. The van der Waals surface area contributed by atoms with Crippen molar-refractivity contribution in [3.05, 3.63) is 0 Å². The molecule has 0 fully saturated rings. The standard InChI is InChI=1S/C8H19N.C6H15ClO3Si/c1-2-3-4-5-6-7-8-9;1-8-11(9-2,10-3)6-4-5-7/h2-9H2,1H3;4-6H2,1-3H3. The lowest BCUT2D eigenvalue weighted by Gasteiger charge is -2.23. The molecule has 0 atom stereocenters. The Kier molecular flexibility index (Phi) is 19.7. The Labute approximate surface area is 131 Å². The van der Waals surface area contributed by atoms with Crippen molar-refractivity contribution >= 4 is 20.4 Å². The zero-order chi connectivity index (χ0) is 15.7. The van der Waals surface area contributed by atoms with Gasteiger partial charge in [0.15, 0.2) is 0 Å². The first kappa shape index (κ1) is 22.6. The topological polar surface area (TPSA) is 53.7 Å². The molecular formula is C14H34ClNO3Si. The molecule has 0 rings (SSSR count). The highest BCUT2D eigenvalue weighted by Gasteiger charge is 2.36. The summed E-state index contributed by atoms with van der Waals surface area (Å²) in [6.07, 6.45) is 8.91. The van der Waals surface area contributed by atoms with Crippen molar-refractivity contribution in [1.29, 1.82) is 0 Å². The highest BCUT2D eigenvalue weighted by molar-refractivity contribution is 6.60. The molecule has 20 heavy (non-hydrogen) atoms. The lowest BCUT2D eigenvalue weighted by atomic mass is 10.1. The van der Waals surface area contributed by atoms with Crippen LogP contribution < -0.4 is 5.73 Å². The maximum Gasteiger partial charge on any atom is 0.500 e. The van der Waals surface area contributed by atoms with Gasteiger partial charge in [0.05, 0.1) is 0 Å². The molecule has 0 aliphatic carbocycles. The summed E-state index contributed by atoms with van der Waals surface area (Å²) < 4.78 is 15.5. The van der Waals surface area contributed by atoms with E-state index in [9.17, 15) is 0 Å². The Morgan fingerprint density at radius 2 is 1.35 bits per heavy atom. The summed E-state index contributed by atoms with van der Waals surface area (Å²) in [5.41, 5.74) is 5.34. The van der Waals surface area contributed by atoms with Gasteiger partial charge >= 0.3 is 8.80 Å². The van der Waals surface area contributed by atoms with Crippen molar-refractivity contribution in [2.45, 2.75) is 57.9 Å². The van der Waals surface area contributed by atoms with Gasteiger partial charge in [0, 0.05) is 33.3 Å². The molecule has 0 spiro atoms. The van der Waals surface area contributed by atoms with E-state index in [1.54, 1.807) is 21.3 Å². The summed E-state index contributed by atoms with van der Waals surface area (Å²) in [5.74, 6) is 0.616. The summed E-state index contributed by atoms with van der Waals surface area (Å²) in [4.78, 5) is 0. The second kappa shape index (κ2) is 17.4. The predicted molar refractivity (Wildman–Crippen MR) is 89.4 cm³/mol. The first-order valence-corrected chi connectivity index (χ1v) is 10.0. The van der Waals surface area contributed by atoms with Crippen LogP contribution in [0.5, 0.6) is 0 Å². The van der Waals surface area contributed by atoms with Gasteiger partial charge in [-0.1, -0.05) is 39.0 Å². The van der Waals surface area contributed by atoms with Crippen molar-refractivity contribution in [1.82, 2.24) is 0 Å². The lowest BCUT2D eigenvalue weighted by Crippen LogP contribution is -2.42. The van der Waals surface area contributed by atoms with Gasteiger partial charge in [0.25, 0.3) is 0 Å². The fourth-order valence-electron chi connectivity index (χ4n) is 1.76. The monoisotopic (exact) mass is 327 g/mol. The van der Waals surface area contributed by atoms with Gasteiger partial charge in [-0.2, -0.15) is 0 Å². The maximum atomic E-state index is 5.53. The summed E-state index contributed by atoms with van der Waals surface area (Å²) in [6, 6.07) is 0.778. The van der Waals surface area contributed by atoms with Crippen LogP contribution in [0.15, 0.2) is 0 Å². The van der Waals surface area contributed by atoms with Crippen LogP contribution in [0.2, 0.25) is 6.04 Å². The van der Waals surface area contributed by atoms with Crippen molar-refractivity contribution < 1.29 is 13.3 Å². The van der Waals surface area contributed by atoms with E-state index in [1.807, 2.05) is 0 Å². The number of unbranched alkanes of at least 4 members (excludes halogenated alkanes) is 5. The molecule has 0 aliphatic heterocycles. The van der Waals surface area contributed by atoms with Gasteiger partial charge in [0.2, 0.25) is 0 Å². The molecule has 124 valence electrons. The third-order valence-corrected chi connectivity index (χ3v) is 6.21. The zero-order valence-corrected chi connectivity index (χ0v) is 15.5. The third kappa shape index (κ3) is 13.3. The van der Waals surface area contributed by atoms with Crippen molar-refractivity contribution in [3.63, 3.8) is 0 Å². The number of halogens is 1. The molecule has 0 bridgehead atoms. The number of alkyl halides is 1. The Balaban J connectivity index is 0. The molecular weight excluding hydrogens is 294 g/mol. The first-order valence-electron chi connectivity index (χ1n) is 7.57. The van der Waals surface area contributed by atoms with E-state index in [4.69, 9.17) is 30.6 Å². The van der Waals surface area contributed by atoms with Gasteiger partial charge < -0.3 is 19.0 Å². The molecule has 0 saturated carbocycles. The summed E-state index contributed by atoms with van der Waals surface area (Å²) >= 11 is 5.53. The van der Waals surface area contributed by atoms with E-state index in [1.165, 1.54) is 38.5 Å². The van der Waals surface area contributed by atoms with Crippen LogP contribution in [-0.4, -0.2) is 42.6 Å². The van der Waals surface area contributed by atoms with Crippen molar-refractivity contribution in [2.75, 3.05) is 33.8 Å². The van der Waals surface area contributed by atoms with Gasteiger partial charge in [0.1, 0.15) is 0 Å². The van der Waals surface area contributed by atoms with Crippen LogP contribution in [0.1, 0.15) is 51.9 Å². The number of nitrogens with two attached hydrogens (primary N) is 1. The lowest BCUT2D eigenvalue weighted by molar-refractivity contribution is 0.123. The van der Waals surface area contributed by atoms with Crippen LogP contribution >= 0.6 is 11.6 Å². The normalized spacial score (nSPS) is 11.1. The van der Waals surface area contributed by atoms with E-state index >= 15 is 0 Å². The van der Waals surface area contributed by atoms with Crippen LogP contribution in [0, 0.1) is 0 Å². The highest BCUT2D eigenvalue weighted by Crippen LogP contribution is 2.14. The molecule has 0 aromatic rings. The minimum absolute atomic E-state index is 0.616. The molecule has 0 radical (unpaired) electrons. The fraction of sp³-hybridized carbons (Fsp3) is 1.00. The summed E-state index contributed by atoms with van der Waals surface area (Å²) in [6.45, 7) is 3.11. The van der Waals surface area contributed by atoms with Crippen LogP contribution in [-0.2, 0) is 13.3 Å². The zero-order valence-electron chi connectivity index (χ0n) is 13.8. The van der Waals surface area contributed by atoms with Gasteiger partial charge in [-0.15, -0.1) is 11.6 Å². The molecule has 4 nitrogen and oxygen atoms in total. The molecule has 0 aromatic heterocycles. The SMILES string of the molecule is CCCCCCCCN.CO[Si](CCCCl)(OC)OC. The molecule has 0 aromatic carbocycles. The number of hydrogen-bond acceptors (Lipinski definition) is 4. The van der Waals surface area contributed by atoms with E-state index in [0.29, 0.717) is 5.88 Å². The molecule has 0 unspecified atom stereocenters. The van der Waals surface area contributed by atoms with Gasteiger partial charge in [-0.25, -0.2) is 0 Å². The van der Waals surface area contributed by atoms with E-state index < -0.39 is 8.80 Å². The Morgan fingerprint density at radius 3 is 1.75 bits per heavy atom. The van der Waals surface area contributed by atoms with E-state index in [0.717, 1.165) is 19.0 Å². The van der Waals surface area contributed by atoms with E-state index in [2.05, 4.69) is 6.92 Å². The van der Waals surface area contributed by atoms with Crippen molar-refractivity contribution in [2.24, 2.45) is 5.73 Å². The third-order valence-electron chi connectivity index (χ3n) is 3.11. The van der Waals surface area contributed by atoms with E-state index in [-0.39, 0.29) is 0 Å². The minimum atomic E-state index is -2.32. The molecule has 0 heterocycles. The molecule has 2 N–H and O–H groups in total. The average molecular weight is 328 g/mol. The van der Waals surface area contributed by atoms with Crippen LogP contribution in [0.25, 0.3) is 0 Å². The smallest absolute Gasteiger partial charge is 0.377 e. The Morgan fingerprint density at radius 1 is 0.850 bits per heavy atom. The summed E-state index contributed by atoms with van der Waals surface area (Å²) in [7, 11) is 2.49. The summed E-state index contributed by atoms with van der Waals surface area (Å²) in [5, 5.41) is 0. The second-order valence-corrected chi connectivity index (χ2v) is 8.11. The highest BCUT2D eigenvalue weighted by atomic mass is 35.5. The number of hydrogen-bond donors (Lipinski definition) is 1. The molecule has 0 aliphatic rings. The van der Waals surface area contributed by atoms with Gasteiger partial charge in [-0.3, -0.25) is 0 Å². The maximum absolute atomic E-state index is 5.53. The predicted octanol–water partition coefficient (Wildman–Crippen LogP) is 3.80. The first-order chi connectivity index (χ1) is 9.66. The minimum Gasteiger partial charge on any atom is -0.377 e. The Bertz CT molecular complexity index is 170. The second-order valence-electron chi connectivity index (χ2n) is 4.64. The Hall–Kier alpha value is 0.347. The quantitative estimate of drug-likeness (QED) is 0.336. The molecule has 6 heteroatoms. The fourth-order valence-corrected chi connectivity index (χ4v) is 3.84.